The van der Waals surface area contributed by atoms with Crippen LogP contribution in [0, 0.1) is 17.5 Å². The number of carboxylic acid groups (broad SMARTS) is 3. The number of fused-ring (bicyclic) bond motifs is 1. The molecule has 1 aromatic heterocycles. The van der Waals surface area contributed by atoms with E-state index in [0.29, 0.717) is 18.9 Å². The van der Waals surface area contributed by atoms with E-state index >= 15 is 13.2 Å². The third-order valence-electron chi connectivity index (χ3n) is 5.86. The highest BCUT2D eigenvalue weighted by molar-refractivity contribution is 5.95. The molecule has 0 radical (unpaired) electrons. The van der Waals surface area contributed by atoms with E-state index in [9.17, 15) is 29.4 Å². The molecule has 3 N–H and O–H groups in total. The zero-order valence-corrected chi connectivity index (χ0v) is 17.4. The lowest BCUT2D eigenvalue weighted by molar-refractivity contribution is -0.136. The average molecular weight is 481 g/mol. The molecule has 10 nitrogen and oxygen atoms in total. The Morgan fingerprint density at radius 2 is 1.56 bits per heavy atom. The van der Waals surface area contributed by atoms with Gasteiger partial charge in [0.15, 0.2) is 17.5 Å². The molecule has 0 atom stereocenters. The molecule has 1 aliphatic heterocycles. The molecular formula is C21H18F3N3O7. The van der Waals surface area contributed by atoms with Gasteiger partial charge in [-0.1, -0.05) is 0 Å². The Bertz CT molecular complexity index is 1330. The highest BCUT2D eigenvalue weighted by Gasteiger charge is 2.35. The van der Waals surface area contributed by atoms with Crippen molar-refractivity contribution in [3.8, 4) is 0 Å². The van der Waals surface area contributed by atoms with Crippen LogP contribution in [0.4, 0.5) is 18.9 Å². The summed E-state index contributed by atoms with van der Waals surface area (Å²) in [5, 5.41) is 26.4. The maximum Gasteiger partial charge on any atom is 0.352 e. The average Bonchev–Trinajstić information content (AvgIpc) is 3.61. The molecule has 0 bridgehead atoms. The number of aliphatic carboxylic acids is 2. The summed E-state index contributed by atoms with van der Waals surface area (Å²) < 4.78 is 46.9. The van der Waals surface area contributed by atoms with Crippen molar-refractivity contribution in [1.82, 2.24) is 9.47 Å². The van der Waals surface area contributed by atoms with Crippen molar-refractivity contribution in [1.29, 1.82) is 0 Å². The van der Waals surface area contributed by atoms with E-state index in [4.69, 9.17) is 5.11 Å². The first-order valence-corrected chi connectivity index (χ1v) is 10.2. The summed E-state index contributed by atoms with van der Waals surface area (Å²) in [4.78, 5) is 48.6. The Kier molecular flexibility index (Phi) is 5.71. The normalized spacial score (nSPS) is 16.7. The molecule has 2 heterocycles. The Hall–Kier alpha value is -4.03. The van der Waals surface area contributed by atoms with E-state index in [-0.39, 0.29) is 32.2 Å². The number of rotatable bonds is 6. The number of hydrogen-bond donors (Lipinski definition) is 3. The predicted octanol–water partition coefficient (Wildman–Crippen LogP) is 1.63. The Morgan fingerprint density at radius 1 is 0.941 bits per heavy atom. The van der Waals surface area contributed by atoms with Crippen LogP contribution < -0.4 is 10.3 Å². The van der Waals surface area contributed by atoms with E-state index in [2.05, 4.69) is 0 Å². The summed E-state index contributed by atoms with van der Waals surface area (Å²) in [5.74, 6) is -9.19. The molecule has 1 aromatic carbocycles. The lowest BCUT2D eigenvalue weighted by Gasteiger charge is -2.37. The number of piperazine rings is 1. The highest BCUT2D eigenvalue weighted by atomic mass is 19.2. The van der Waals surface area contributed by atoms with E-state index in [0.717, 1.165) is 15.7 Å². The van der Waals surface area contributed by atoms with Crippen molar-refractivity contribution < 1.29 is 42.9 Å². The van der Waals surface area contributed by atoms with Crippen molar-refractivity contribution in [3.63, 3.8) is 0 Å². The van der Waals surface area contributed by atoms with Crippen molar-refractivity contribution in [2.24, 2.45) is 0 Å². The molecular weight excluding hydrogens is 463 g/mol. The highest BCUT2D eigenvalue weighted by Crippen LogP contribution is 2.40. The summed E-state index contributed by atoms with van der Waals surface area (Å²) in [7, 11) is 0. The summed E-state index contributed by atoms with van der Waals surface area (Å²) in [5.41, 5.74) is -3.95. The number of nitrogens with zero attached hydrogens (tertiary/aromatic N) is 3. The third-order valence-corrected chi connectivity index (χ3v) is 5.86. The van der Waals surface area contributed by atoms with Gasteiger partial charge in [0.05, 0.1) is 17.0 Å². The first-order valence-electron chi connectivity index (χ1n) is 10.2. The number of anilines is 1. The van der Waals surface area contributed by atoms with Gasteiger partial charge in [0.2, 0.25) is 5.43 Å². The number of carboxylic acids is 3. The largest absolute Gasteiger partial charge is 0.478 e. The fraction of sp³-hybridized carbons (Fsp3) is 0.333. The monoisotopic (exact) mass is 481 g/mol. The van der Waals surface area contributed by atoms with Crippen molar-refractivity contribution in [2.75, 3.05) is 31.1 Å². The minimum Gasteiger partial charge on any atom is -0.478 e. The smallest absolute Gasteiger partial charge is 0.352 e. The van der Waals surface area contributed by atoms with Crippen LogP contribution >= 0.6 is 0 Å². The number of halogens is 3. The van der Waals surface area contributed by atoms with Gasteiger partial charge in [-0.25, -0.2) is 27.6 Å². The maximum absolute atomic E-state index is 15.7. The summed E-state index contributed by atoms with van der Waals surface area (Å²) in [6.45, 7) is -0.609. The molecule has 1 aliphatic carbocycles. The zero-order chi connectivity index (χ0) is 24.9. The van der Waals surface area contributed by atoms with E-state index in [1.165, 1.54) is 4.90 Å². The van der Waals surface area contributed by atoms with Crippen molar-refractivity contribution in [2.45, 2.75) is 18.9 Å². The first kappa shape index (κ1) is 23.1. The molecule has 0 spiro atoms. The molecule has 2 fully saturated rings. The molecule has 1 saturated heterocycles. The van der Waals surface area contributed by atoms with Crippen LogP contribution in [0.15, 0.2) is 22.8 Å². The number of aromatic carboxylic acids is 1. The summed E-state index contributed by atoms with van der Waals surface area (Å²) in [6, 6.07) is -0.371. The van der Waals surface area contributed by atoms with Gasteiger partial charge in [0, 0.05) is 38.4 Å². The van der Waals surface area contributed by atoms with E-state index in [1.54, 1.807) is 0 Å². The van der Waals surface area contributed by atoms with Crippen LogP contribution in [-0.2, 0) is 9.59 Å². The first-order chi connectivity index (χ1) is 16.0. The topological polar surface area (TPSA) is 140 Å². The quantitative estimate of drug-likeness (QED) is 0.415. The second-order valence-electron chi connectivity index (χ2n) is 7.98. The van der Waals surface area contributed by atoms with Crippen LogP contribution in [0.25, 0.3) is 10.9 Å². The van der Waals surface area contributed by atoms with Gasteiger partial charge in [0.25, 0.3) is 0 Å². The van der Waals surface area contributed by atoms with Crippen LogP contribution in [0.1, 0.15) is 29.2 Å². The second-order valence-corrected chi connectivity index (χ2v) is 7.98. The van der Waals surface area contributed by atoms with Gasteiger partial charge >= 0.3 is 17.9 Å². The van der Waals surface area contributed by atoms with Crippen LogP contribution in [0.5, 0.6) is 0 Å². The van der Waals surface area contributed by atoms with E-state index < -0.39 is 68.6 Å². The van der Waals surface area contributed by atoms with Crippen molar-refractivity contribution >= 4 is 34.5 Å². The van der Waals surface area contributed by atoms with Gasteiger partial charge in [-0.3, -0.25) is 4.79 Å². The Balaban J connectivity index is 1.80. The molecule has 0 amide bonds. The molecule has 0 unspecified atom stereocenters. The Morgan fingerprint density at radius 3 is 2.06 bits per heavy atom. The van der Waals surface area contributed by atoms with Gasteiger partial charge < -0.3 is 29.7 Å². The van der Waals surface area contributed by atoms with Crippen LogP contribution in [-0.4, -0.2) is 68.9 Å². The maximum atomic E-state index is 15.7. The predicted molar refractivity (Wildman–Crippen MR) is 110 cm³/mol. The number of benzene rings is 1. The minimum atomic E-state index is -1.67. The molecule has 180 valence electrons. The number of carbonyl (C=O) groups is 3. The number of aromatic nitrogens is 1. The number of pyridine rings is 1. The molecule has 1 saturated carbocycles. The van der Waals surface area contributed by atoms with Gasteiger partial charge in [-0.2, -0.15) is 0 Å². The van der Waals surface area contributed by atoms with Crippen LogP contribution in [0.3, 0.4) is 0 Å². The molecule has 2 aliphatic rings. The fourth-order valence-corrected chi connectivity index (χ4v) is 4.13. The molecule has 34 heavy (non-hydrogen) atoms. The molecule has 4 rings (SSSR count). The third kappa shape index (κ3) is 3.82. The lowest BCUT2D eigenvalue weighted by atomic mass is 10.1. The van der Waals surface area contributed by atoms with E-state index in [1.807, 2.05) is 0 Å². The fourth-order valence-electron chi connectivity index (χ4n) is 4.13. The molecule has 13 heteroatoms. The summed E-state index contributed by atoms with van der Waals surface area (Å²) in [6.07, 6.45) is 2.51. The SMILES string of the molecule is O=C(O)C=C(C(=O)O)N1CCN(c2c(F)c(F)c3c(=O)c(C(=O)O)cn(C4CC4)c3c2F)CC1. The molecule has 2 aromatic rings. The van der Waals surface area contributed by atoms with Crippen molar-refractivity contribution in [3.05, 3.63) is 51.2 Å². The second kappa shape index (κ2) is 8.39. The number of hydrogen-bond acceptors (Lipinski definition) is 6. The minimum absolute atomic E-state index is 0.128. The lowest BCUT2D eigenvalue weighted by Crippen LogP contribution is -2.47. The standard InChI is InChI=1S/C21H18F3N3O7/c22-14-13-17(27(9-1-2-9)8-10(19(13)30)20(31)32)16(24)18(15(14)23)26-5-3-25(4-6-26)11(21(33)34)7-12(28)29/h7-9H,1-6H2,(H,28,29)(H,31,32)(H,33,34). The zero-order valence-electron chi connectivity index (χ0n) is 17.4. The Labute approximate surface area is 188 Å². The van der Waals surface area contributed by atoms with Gasteiger partial charge in [-0.05, 0) is 12.8 Å². The van der Waals surface area contributed by atoms with Gasteiger partial charge in [0.1, 0.15) is 16.9 Å². The van der Waals surface area contributed by atoms with Gasteiger partial charge in [-0.15, -0.1) is 0 Å². The van der Waals surface area contributed by atoms with Crippen LogP contribution in [0.2, 0.25) is 0 Å². The summed E-state index contributed by atoms with van der Waals surface area (Å²) >= 11 is 0.